The normalized spacial score (nSPS) is 12.1. The van der Waals surface area contributed by atoms with Crippen LogP contribution in [0.3, 0.4) is 0 Å². The van der Waals surface area contributed by atoms with E-state index in [0.29, 0.717) is 5.69 Å². The molecular weight excluding hydrogens is 403 g/mol. The summed E-state index contributed by atoms with van der Waals surface area (Å²) in [6.07, 6.45) is -3.86. The molecule has 160 valence electrons. The maximum Gasteiger partial charge on any atom is 0.421 e. The van der Waals surface area contributed by atoms with Crippen molar-refractivity contribution in [2.45, 2.75) is 25.6 Å². The highest BCUT2D eigenvalue weighted by Gasteiger charge is 2.36. The molecule has 0 radical (unpaired) electrons. The minimum atomic E-state index is -4.75. The van der Waals surface area contributed by atoms with Crippen LogP contribution in [0.2, 0.25) is 0 Å². The lowest BCUT2D eigenvalue weighted by atomic mass is 10.1. The molecule has 30 heavy (non-hydrogen) atoms. The number of hydrogen-bond donors (Lipinski definition) is 1. The average Bonchev–Trinajstić information content (AvgIpc) is 2.72. The van der Waals surface area contributed by atoms with Gasteiger partial charge in [0.25, 0.3) is 0 Å². The van der Waals surface area contributed by atoms with Crippen molar-refractivity contribution in [1.82, 2.24) is 4.98 Å². The molecule has 0 fully saturated rings. The molecule has 0 aliphatic heterocycles. The number of halogens is 3. The summed E-state index contributed by atoms with van der Waals surface area (Å²) in [4.78, 5) is 17.5. The van der Waals surface area contributed by atoms with Gasteiger partial charge in [-0.3, -0.25) is 0 Å². The van der Waals surface area contributed by atoms with Gasteiger partial charge < -0.3 is 19.5 Å². The van der Waals surface area contributed by atoms with Gasteiger partial charge in [-0.05, 0) is 36.8 Å². The summed E-state index contributed by atoms with van der Waals surface area (Å²) in [6.45, 7) is 1.55. The molecule has 0 aliphatic rings. The zero-order chi connectivity index (χ0) is 22.5. The van der Waals surface area contributed by atoms with E-state index < -0.39 is 23.6 Å². The number of anilines is 1. The summed E-state index contributed by atoms with van der Waals surface area (Å²) in [6, 6.07) is 6.35. The number of nitriles is 1. The molecule has 7 nitrogen and oxygen atoms in total. The van der Waals surface area contributed by atoms with Gasteiger partial charge in [-0.1, -0.05) is 0 Å². The molecule has 10 heteroatoms. The van der Waals surface area contributed by atoms with E-state index in [0.717, 1.165) is 12.3 Å². The molecule has 2 rings (SSSR count). The highest BCUT2D eigenvalue weighted by Crippen LogP contribution is 2.38. The number of carbonyl (C=O) groups excluding carboxylic acids is 1. The van der Waals surface area contributed by atoms with Gasteiger partial charge in [0.1, 0.15) is 11.3 Å². The molecule has 1 N–H and O–H groups in total. The Hall–Kier alpha value is -3.32. The Balaban J connectivity index is 2.49. The van der Waals surface area contributed by atoms with E-state index in [1.165, 1.54) is 25.3 Å². The Morgan fingerprint density at radius 1 is 1.37 bits per heavy atom. The summed E-state index contributed by atoms with van der Waals surface area (Å²) in [5.74, 6) is -1.49. The predicted octanol–water partition coefficient (Wildman–Crippen LogP) is 3.56. The van der Waals surface area contributed by atoms with Gasteiger partial charge in [-0.2, -0.15) is 18.4 Å². The molecule has 1 heterocycles. The first-order valence-corrected chi connectivity index (χ1v) is 8.79. The van der Waals surface area contributed by atoms with Crippen molar-refractivity contribution in [1.29, 1.82) is 5.26 Å². The van der Waals surface area contributed by atoms with Gasteiger partial charge in [0.05, 0.1) is 37.5 Å². The van der Waals surface area contributed by atoms with E-state index in [1.54, 1.807) is 24.9 Å². The van der Waals surface area contributed by atoms with E-state index >= 15 is 0 Å². The number of methoxy groups -OCH3 is 1. The van der Waals surface area contributed by atoms with Gasteiger partial charge in [-0.25, -0.2) is 9.78 Å². The van der Waals surface area contributed by atoms with Gasteiger partial charge in [0.15, 0.2) is 0 Å². The number of esters is 1. The van der Waals surface area contributed by atoms with Crippen LogP contribution >= 0.6 is 0 Å². The van der Waals surface area contributed by atoms with Crippen LogP contribution in [0.5, 0.6) is 11.6 Å². The molecule has 0 spiro atoms. The number of aliphatic hydroxyl groups is 1. The molecule has 1 aromatic heterocycles. The highest BCUT2D eigenvalue weighted by atomic mass is 19.4. The van der Waals surface area contributed by atoms with Crippen LogP contribution in [0.4, 0.5) is 18.9 Å². The molecule has 0 aliphatic carbocycles. The maximum absolute atomic E-state index is 13.4. The second kappa shape index (κ2) is 9.45. The van der Waals surface area contributed by atoms with Crippen LogP contribution in [-0.4, -0.2) is 42.9 Å². The summed E-state index contributed by atoms with van der Waals surface area (Å²) < 4.78 is 50.4. The Kier molecular flexibility index (Phi) is 7.24. The lowest BCUT2D eigenvalue weighted by molar-refractivity contribution is -0.138. The Morgan fingerprint density at radius 2 is 2.07 bits per heavy atom. The third-order valence-corrected chi connectivity index (χ3v) is 4.39. The van der Waals surface area contributed by atoms with E-state index in [2.05, 4.69) is 4.98 Å². The minimum Gasteiger partial charge on any atom is -0.465 e. The first-order chi connectivity index (χ1) is 14.1. The molecule has 0 amide bonds. The zero-order valence-electron chi connectivity index (χ0n) is 16.5. The third-order valence-electron chi connectivity index (χ3n) is 4.39. The average molecular weight is 423 g/mol. The number of nitrogens with zero attached hydrogens (tertiary/aromatic N) is 3. The number of ether oxygens (including phenoxy) is 2. The van der Waals surface area contributed by atoms with Gasteiger partial charge >= 0.3 is 12.1 Å². The van der Waals surface area contributed by atoms with Crippen LogP contribution in [-0.2, 0) is 17.3 Å². The fraction of sp³-hybridized carbons (Fsp3) is 0.350. The molecule has 0 saturated carbocycles. The van der Waals surface area contributed by atoms with Crippen LogP contribution in [0.25, 0.3) is 0 Å². The second-order valence-corrected chi connectivity index (χ2v) is 6.44. The fourth-order valence-corrected chi connectivity index (χ4v) is 2.60. The number of aliphatic hydroxyl groups excluding tert-OH is 1. The minimum absolute atomic E-state index is 0.0486. The van der Waals surface area contributed by atoms with Crippen molar-refractivity contribution in [2.24, 2.45) is 0 Å². The number of benzene rings is 1. The van der Waals surface area contributed by atoms with Crippen molar-refractivity contribution >= 4 is 11.7 Å². The topological polar surface area (TPSA) is 95.7 Å². The zero-order valence-corrected chi connectivity index (χ0v) is 16.5. The summed E-state index contributed by atoms with van der Waals surface area (Å²) in [5.41, 5.74) is -0.580. The van der Waals surface area contributed by atoms with Crippen molar-refractivity contribution in [3.05, 3.63) is 47.2 Å². The van der Waals surface area contributed by atoms with E-state index in [9.17, 15) is 23.1 Å². The molecule has 2 aromatic rings. The smallest absolute Gasteiger partial charge is 0.421 e. The summed E-state index contributed by atoms with van der Waals surface area (Å²) in [7, 11) is 2.83. The number of aromatic nitrogens is 1. The number of carbonyl (C=O) groups is 1. The largest absolute Gasteiger partial charge is 0.465 e. The van der Waals surface area contributed by atoms with Gasteiger partial charge in [0, 0.05) is 19.3 Å². The standard InChI is InChI=1S/C20H20F3N3O4/c1-12(11-27)26(2)17-5-4-14(9-15(17)19(28)29-3)30-18-16(20(21,22)23)8-13(6-7-24)10-25-18/h4-5,8-10,12,27H,6,11H2,1-3H3. The van der Waals surface area contributed by atoms with Crippen molar-refractivity contribution in [2.75, 3.05) is 25.7 Å². The fourth-order valence-electron chi connectivity index (χ4n) is 2.60. The molecule has 0 saturated heterocycles. The highest BCUT2D eigenvalue weighted by molar-refractivity contribution is 5.96. The number of alkyl halides is 3. The molecule has 1 aromatic carbocycles. The van der Waals surface area contributed by atoms with Crippen LogP contribution in [0.1, 0.15) is 28.4 Å². The molecule has 0 bridgehead atoms. The quantitative estimate of drug-likeness (QED) is 0.681. The van der Waals surface area contributed by atoms with Crippen LogP contribution in [0.15, 0.2) is 30.5 Å². The predicted molar refractivity (Wildman–Crippen MR) is 101 cm³/mol. The number of hydrogen-bond acceptors (Lipinski definition) is 7. The van der Waals surface area contributed by atoms with Crippen molar-refractivity contribution in [3.63, 3.8) is 0 Å². The summed E-state index contributed by atoms with van der Waals surface area (Å²) >= 11 is 0. The maximum atomic E-state index is 13.4. The van der Waals surface area contributed by atoms with E-state index in [-0.39, 0.29) is 35.9 Å². The van der Waals surface area contributed by atoms with Gasteiger partial charge in [0.2, 0.25) is 5.88 Å². The number of pyridine rings is 1. The first kappa shape index (κ1) is 23.0. The lowest BCUT2D eigenvalue weighted by Crippen LogP contribution is -2.33. The van der Waals surface area contributed by atoms with Crippen LogP contribution in [0, 0.1) is 11.3 Å². The molecule has 1 unspecified atom stereocenters. The summed E-state index contributed by atoms with van der Waals surface area (Å²) in [5, 5.41) is 18.1. The van der Waals surface area contributed by atoms with Gasteiger partial charge in [-0.15, -0.1) is 0 Å². The first-order valence-electron chi connectivity index (χ1n) is 8.79. The Bertz CT molecular complexity index is 957. The molecule has 1 atom stereocenters. The van der Waals surface area contributed by atoms with Crippen molar-refractivity contribution < 1.29 is 32.5 Å². The van der Waals surface area contributed by atoms with E-state index in [1.807, 2.05) is 0 Å². The monoisotopic (exact) mass is 423 g/mol. The van der Waals surface area contributed by atoms with Crippen LogP contribution < -0.4 is 9.64 Å². The van der Waals surface area contributed by atoms with Crippen molar-refractivity contribution in [3.8, 4) is 17.7 Å². The number of likely N-dealkylation sites (N-methyl/N-ethyl adjacent to an activating group) is 1. The lowest BCUT2D eigenvalue weighted by Gasteiger charge is -2.27. The number of rotatable bonds is 7. The SMILES string of the molecule is COC(=O)c1cc(Oc2ncc(CC#N)cc2C(F)(F)F)ccc1N(C)C(C)CO. The van der Waals surface area contributed by atoms with E-state index in [4.69, 9.17) is 14.7 Å². The second-order valence-electron chi connectivity index (χ2n) is 6.44. The Labute approximate surface area is 171 Å². The molecular formula is C20H20F3N3O4. The third kappa shape index (κ3) is 5.18. The Morgan fingerprint density at radius 3 is 2.63 bits per heavy atom.